The van der Waals surface area contributed by atoms with Crippen LogP contribution in [0.4, 0.5) is 4.39 Å². The van der Waals surface area contributed by atoms with Gasteiger partial charge in [-0.1, -0.05) is 17.7 Å². The Morgan fingerprint density at radius 1 is 0.968 bits per heavy atom. The fourth-order valence-electron chi connectivity index (χ4n) is 4.26. The molecule has 0 aromatic heterocycles. The van der Waals surface area contributed by atoms with E-state index in [4.69, 9.17) is 16.3 Å². The van der Waals surface area contributed by atoms with E-state index in [9.17, 15) is 14.0 Å². The first-order valence-electron chi connectivity index (χ1n) is 10.8. The number of carbonyl (C=O) groups is 2. The van der Waals surface area contributed by atoms with Crippen LogP contribution in [-0.4, -0.2) is 54.4 Å². The van der Waals surface area contributed by atoms with Gasteiger partial charge >= 0.3 is 0 Å². The average Bonchev–Trinajstić information content (AvgIpc) is 3.32. The zero-order chi connectivity index (χ0) is 21.8. The van der Waals surface area contributed by atoms with Crippen LogP contribution in [0.25, 0.3) is 0 Å². The molecular formula is C24H26ClFN2O3. The molecule has 1 unspecified atom stereocenters. The van der Waals surface area contributed by atoms with E-state index in [1.54, 1.807) is 17.0 Å². The Morgan fingerprint density at radius 3 is 2.39 bits per heavy atom. The Kier molecular flexibility index (Phi) is 6.76. The average molecular weight is 445 g/mol. The summed E-state index contributed by atoms with van der Waals surface area (Å²) < 4.78 is 20.1. The first-order chi connectivity index (χ1) is 15.0. The Bertz CT molecular complexity index is 924. The minimum absolute atomic E-state index is 0.0657. The van der Waals surface area contributed by atoms with Crippen molar-refractivity contribution in [3.8, 4) is 5.75 Å². The summed E-state index contributed by atoms with van der Waals surface area (Å²) in [6.45, 7) is 3.18. The highest BCUT2D eigenvalue weighted by molar-refractivity contribution is 6.33. The van der Waals surface area contributed by atoms with E-state index in [-0.39, 0.29) is 28.3 Å². The summed E-state index contributed by atoms with van der Waals surface area (Å²) in [7, 11) is 0. The first kappa shape index (κ1) is 21.6. The second-order valence-electron chi connectivity index (χ2n) is 8.19. The molecule has 2 aromatic rings. The van der Waals surface area contributed by atoms with Crippen LogP contribution in [0.1, 0.15) is 46.4 Å². The van der Waals surface area contributed by atoms with Gasteiger partial charge in [0.15, 0.2) is 0 Å². The Morgan fingerprint density at radius 2 is 1.68 bits per heavy atom. The normalized spacial score (nSPS) is 18.8. The summed E-state index contributed by atoms with van der Waals surface area (Å²) >= 11 is 6.06. The van der Waals surface area contributed by atoms with Crippen molar-refractivity contribution in [2.75, 3.05) is 32.8 Å². The standard InChI is InChI=1S/C24H26ClFN2O3/c25-20-6-3-7-21(26)22(20)24(30)28-14-4-5-17(15-28)16-31-19-10-8-18(9-11-19)23(29)27-12-1-2-13-27/h3,6-11,17H,1-2,4-5,12-16H2. The van der Waals surface area contributed by atoms with E-state index in [1.165, 1.54) is 18.2 Å². The molecule has 0 bridgehead atoms. The Hall–Kier alpha value is -2.60. The van der Waals surface area contributed by atoms with Gasteiger partial charge in [-0.3, -0.25) is 9.59 Å². The number of likely N-dealkylation sites (tertiary alicyclic amines) is 2. The monoisotopic (exact) mass is 444 g/mol. The van der Waals surface area contributed by atoms with E-state index in [2.05, 4.69) is 0 Å². The fourth-order valence-corrected chi connectivity index (χ4v) is 4.50. The van der Waals surface area contributed by atoms with Crippen molar-refractivity contribution in [3.05, 3.63) is 64.4 Å². The number of carbonyl (C=O) groups excluding carboxylic acids is 2. The van der Waals surface area contributed by atoms with Gasteiger partial charge in [0.2, 0.25) is 0 Å². The number of rotatable bonds is 5. The van der Waals surface area contributed by atoms with Crippen LogP contribution in [-0.2, 0) is 0 Å². The number of ether oxygens (including phenoxy) is 1. The molecule has 2 heterocycles. The van der Waals surface area contributed by atoms with Crippen molar-refractivity contribution in [1.29, 1.82) is 0 Å². The zero-order valence-electron chi connectivity index (χ0n) is 17.4. The molecule has 0 spiro atoms. The minimum atomic E-state index is -0.598. The maximum absolute atomic E-state index is 14.1. The van der Waals surface area contributed by atoms with Crippen LogP contribution in [0.3, 0.4) is 0 Å². The number of hydrogen-bond acceptors (Lipinski definition) is 3. The van der Waals surface area contributed by atoms with E-state index >= 15 is 0 Å². The molecule has 2 aliphatic rings. The number of nitrogens with zero attached hydrogens (tertiary/aromatic N) is 2. The van der Waals surface area contributed by atoms with Gasteiger partial charge in [0, 0.05) is 37.7 Å². The van der Waals surface area contributed by atoms with E-state index < -0.39 is 5.82 Å². The molecule has 4 rings (SSSR count). The fraction of sp³-hybridized carbons (Fsp3) is 0.417. The van der Waals surface area contributed by atoms with Gasteiger partial charge in [0.1, 0.15) is 11.6 Å². The number of halogens is 2. The quantitative estimate of drug-likeness (QED) is 0.674. The van der Waals surface area contributed by atoms with Gasteiger partial charge in [-0.05, 0) is 62.1 Å². The summed E-state index contributed by atoms with van der Waals surface area (Å²) in [6, 6.07) is 11.5. The molecule has 31 heavy (non-hydrogen) atoms. The molecule has 2 aromatic carbocycles. The lowest BCUT2D eigenvalue weighted by Crippen LogP contribution is -2.42. The maximum Gasteiger partial charge on any atom is 0.258 e. The molecule has 164 valence electrons. The topological polar surface area (TPSA) is 49.9 Å². The van der Waals surface area contributed by atoms with Crippen LogP contribution in [0.2, 0.25) is 5.02 Å². The van der Waals surface area contributed by atoms with Crippen molar-refractivity contribution < 1.29 is 18.7 Å². The number of amides is 2. The Labute approximate surface area is 186 Å². The molecule has 5 nitrogen and oxygen atoms in total. The maximum atomic E-state index is 14.1. The molecule has 2 fully saturated rings. The lowest BCUT2D eigenvalue weighted by Gasteiger charge is -2.33. The van der Waals surface area contributed by atoms with Crippen LogP contribution >= 0.6 is 11.6 Å². The number of piperidine rings is 1. The van der Waals surface area contributed by atoms with E-state index in [1.807, 2.05) is 17.0 Å². The molecule has 0 saturated carbocycles. The molecule has 0 aliphatic carbocycles. The first-order valence-corrected chi connectivity index (χ1v) is 11.2. The van der Waals surface area contributed by atoms with Gasteiger partial charge in [0.05, 0.1) is 17.2 Å². The van der Waals surface area contributed by atoms with Crippen molar-refractivity contribution in [1.82, 2.24) is 9.80 Å². The summed E-state index contributed by atoms with van der Waals surface area (Å²) in [5, 5.41) is 0.131. The smallest absolute Gasteiger partial charge is 0.258 e. The van der Waals surface area contributed by atoms with Crippen LogP contribution in [0.15, 0.2) is 42.5 Å². The van der Waals surface area contributed by atoms with Gasteiger partial charge in [-0.15, -0.1) is 0 Å². The predicted molar refractivity (Wildman–Crippen MR) is 117 cm³/mol. The summed E-state index contributed by atoms with van der Waals surface area (Å²) in [5.41, 5.74) is 0.606. The van der Waals surface area contributed by atoms with Crippen LogP contribution in [0.5, 0.6) is 5.75 Å². The van der Waals surface area contributed by atoms with Gasteiger partial charge in [-0.25, -0.2) is 4.39 Å². The highest BCUT2D eigenvalue weighted by atomic mass is 35.5. The summed E-state index contributed by atoms with van der Waals surface area (Å²) in [4.78, 5) is 28.8. The number of hydrogen-bond donors (Lipinski definition) is 0. The predicted octanol–water partition coefficient (Wildman–Crippen LogP) is 4.65. The molecule has 1 atom stereocenters. The third-order valence-corrected chi connectivity index (χ3v) is 6.28. The van der Waals surface area contributed by atoms with Crippen molar-refractivity contribution >= 4 is 23.4 Å². The molecule has 7 heteroatoms. The number of benzene rings is 2. The molecule has 2 amide bonds. The lowest BCUT2D eigenvalue weighted by molar-refractivity contribution is 0.0629. The second kappa shape index (κ2) is 9.69. The largest absolute Gasteiger partial charge is 0.493 e. The molecule has 2 saturated heterocycles. The van der Waals surface area contributed by atoms with Gasteiger partial charge < -0.3 is 14.5 Å². The van der Waals surface area contributed by atoms with E-state index in [0.717, 1.165) is 38.8 Å². The molecule has 2 aliphatic heterocycles. The summed E-state index contributed by atoms with van der Waals surface area (Å²) in [5.74, 6) is -0.0676. The Balaban J connectivity index is 1.32. The highest BCUT2D eigenvalue weighted by Gasteiger charge is 2.28. The van der Waals surface area contributed by atoms with Gasteiger partial charge in [-0.2, -0.15) is 0 Å². The van der Waals surface area contributed by atoms with Crippen molar-refractivity contribution in [2.24, 2.45) is 5.92 Å². The van der Waals surface area contributed by atoms with Crippen LogP contribution in [0, 0.1) is 11.7 Å². The third kappa shape index (κ3) is 5.01. The summed E-state index contributed by atoms with van der Waals surface area (Å²) in [6.07, 6.45) is 3.89. The minimum Gasteiger partial charge on any atom is -0.493 e. The van der Waals surface area contributed by atoms with E-state index in [0.29, 0.717) is 31.0 Å². The van der Waals surface area contributed by atoms with Crippen LogP contribution < -0.4 is 4.74 Å². The lowest BCUT2D eigenvalue weighted by atomic mass is 9.98. The highest BCUT2D eigenvalue weighted by Crippen LogP contribution is 2.25. The van der Waals surface area contributed by atoms with Gasteiger partial charge in [0.25, 0.3) is 11.8 Å². The SMILES string of the molecule is O=C(c1ccc(OCC2CCCN(C(=O)c3c(F)cccc3Cl)C2)cc1)N1CCCC1. The van der Waals surface area contributed by atoms with Crippen molar-refractivity contribution in [3.63, 3.8) is 0 Å². The second-order valence-corrected chi connectivity index (χ2v) is 8.60. The third-order valence-electron chi connectivity index (χ3n) is 5.96. The molecule has 0 N–H and O–H groups in total. The zero-order valence-corrected chi connectivity index (χ0v) is 18.1. The molecular weight excluding hydrogens is 419 g/mol. The molecule has 0 radical (unpaired) electrons. The van der Waals surface area contributed by atoms with Crippen molar-refractivity contribution in [2.45, 2.75) is 25.7 Å².